The lowest BCUT2D eigenvalue weighted by molar-refractivity contribution is 0.687. The van der Waals surface area contributed by atoms with Gasteiger partial charge in [-0.15, -0.1) is 6.42 Å². The van der Waals surface area contributed by atoms with Gasteiger partial charge in [-0.05, 0) is 12.1 Å². The van der Waals surface area contributed by atoms with Crippen LogP contribution >= 0.6 is 0 Å². The molecule has 0 aromatic heterocycles. The zero-order valence-corrected chi connectivity index (χ0v) is 7.30. The number of hydrogen-bond acceptors (Lipinski definition) is 1. The van der Waals surface area contributed by atoms with Gasteiger partial charge in [0.05, 0.1) is 15.7 Å². The molecule has 0 saturated heterocycles. The van der Waals surface area contributed by atoms with Crippen LogP contribution in [0.5, 0.6) is 0 Å². The Labute approximate surface area is 74.6 Å². The lowest BCUT2D eigenvalue weighted by Gasteiger charge is -1.97. The standard InChI is InChI=1S/C10H8OS/c1-3-9(2)12(11)10-7-5-4-6-8-10/h1,4-8H,2H2. The summed E-state index contributed by atoms with van der Waals surface area (Å²) < 4.78 is 11.4. The quantitative estimate of drug-likeness (QED) is 0.629. The van der Waals surface area contributed by atoms with Gasteiger partial charge >= 0.3 is 0 Å². The SMILES string of the molecule is C#CC(=C)S(=O)c1ccccc1. The number of allylic oxidation sites excluding steroid dienone is 1. The zero-order chi connectivity index (χ0) is 8.97. The molecule has 0 radical (unpaired) electrons. The van der Waals surface area contributed by atoms with Crippen molar-refractivity contribution in [2.45, 2.75) is 4.90 Å². The molecule has 0 aliphatic carbocycles. The molecule has 0 heterocycles. The van der Waals surface area contributed by atoms with Crippen molar-refractivity contribution in [1.29, 1.82) is 0 Å². The average Bonchev–Trinajstić information content (AvgIpc) is 2.17. The second kappa shape index (κ2) is 3.89. The molecule has 0 fully saturated rings. The highest BCUT2D eigenvalue weighted by Gasteiger charge is 2.03. The molecule has 0 saturated carbocycles. The average molecular weight is 176 g/mol. The molecule has 0 bridgehead atoms. The van der Waals surface area contributed by atoms with Crippen molar-refractivity contribution in [1.82, 2.24) is 0 Å². The van der Waals surface area contributed by atoms with E-state index < -0.39 is 10.8 Å². The van der Waals surface area contributed by atoms with Crippen LogP contribution in [-0.4, -0.2) is 4.21 Å². The first-order valence-electron chi connectivity index (χ1n) is 3.38. The van der Waals surface area contributed by atoms with Crippen LogP contribution in [0.3, 0.4) is 0 Å². The summed E-state index contributed by atoms with van der Waals surface area (Å²) in [5.41, 5.74) is 0. The fraction of sp³-hybridized carbons (Fsp3) is 0. The van der Waals surface area contributed by atoms with Crippen molar-refractivity contribution in [2.75, 3.05) is 0 Å². The molecule has 1 rings (SSSR count). The fourth-order valence-electron chi connectivity index (χ4n) is 0.740. The van der Waals surface area contributed by atoms with Crippen LogP contribution in [0.25, 0.3) is 0 Å². The number of benzene rings is 1. The second-order valence-corrected chi connectivity index (χ2v) is 3.65. The van der Waals surface area contributed by atoms with E-state index in [2.05, 4.69) is 12.5 Å². The predicted molar refractivity (Wildman–Crippen MR) is 50.8 cm³/mol. The third kappa shape index (κ3) is 1.84. The molecule has 2 heteroatoms. The Balaban J connectivity index is 2.96. The Morgan fingerprint density at radius 1 is 1.42 bits per heavy atom. The monoisotopic (exact) mass is 176 g/mol. The maximum Gasteiger partial charge on any atom is 0.0928 e. The highest BCUT2D eigenvalue weighted by atomic mass is 32.2. The van der Waals surface area contributed by atoms with E-state index in [1.807, 2.05) is 18.2 Å². The number of rotatable bonds is 2. The van der Waals surface area contributed by atoms with Gasteiger partial charge in [0.25, 0.3) is 0 Å². The molecule has 1 aromatic carbocycles. The molecule has 0 aliphatic heterocycles. The predicted octanol–water partition coefficient (Wildman–Crippen LogP) is 1.94. The fourth-order valence-corrected chi connectivity index (χ4v) is 1.54. The summed E-state index contributed by atoms with van der Waals surface area (Å²) in [6, 6.07) is 9.02. The summed E-state index contributed by atoms with van der Waals surface area (Å²) in [7, 11) is -1.26. The maximum absolute atomic E-state index is 11.4. The van der Waals surface area contributed by atoms with Crippen LogP contribution in [-0.2, 0) is 10.8 Å². The van der Waals surface area contributed by atoms with Crippen LogP contribution in [0, 0.1) is 12.3 Å². The smallest absolute Gasteiger partial charge is 0.0928 e. The Kier molecular flexibility index (Phi) is 2.84. The Morgan fingerprint density at radius 3 is 2.50 bits per heavy atom. The summed E-state index contributed by atoms with van der Waals surface area (Å²) in [5.74, 6) is 2.27. The van der Waals surface area contributed by atoms with Gasteiger partial charge < -0.3 is 0 Å². The third-order valence-electron chi connectivity index (χ3n) is 1.34. The van der Waals surface area contributed by atoms with E-state index >= 15 is 0 Å². The molecular formula is C10H8OS. The summed E-state index contributed by atoms with van der Waals surface area (Å²) >= 11 is 0. The normalized spacial score (nSPS) is 11.6. The van der Waals surface area contributed by atoms with Crippen molar-refractivity contribution in [2.24, 2.45) is 0 Å². The first kappa shape index (κ1) is 8.76. The van der Waals surface area contributed by atoms with Crippen molar-refractivity contribution >= 4 is 10.8 Å². The molecule has 12 heavy (non-hydrogen) atoms. The number of hydrogen-bond donors (Lipinski definition) is 0. The summed E-state index contributed by atoms with van der Waals surface area (Å²) in [5, 5.41) is 0. The van der Waals surface area contributed by atoms with Crippen LogP contribution in [0.4, 0.5) is 0 Å². The lowest BCUT2D eigenvalue weighted by Crippen LogP contribution is -1.91. The molecule has 1 aromatic rings. The van der Waals surface area contributed by atoms with Gasteiger partial charge in [0, 0.05) is 4.90 Å². The van der Waals surface area contributed by atoms with Gasteiger partial charge in [-0.3, -0.25) is 0 Å². The molecule has 1 atom stereocenters. The number of terminal acetylenes is 1. The minimum Gasteiger partial charge on any atom is -0.248 e. The van der Waals surface area contributed by atoms with Crippen LogP contribution in [0.2, 0.25) is 0 Å². The van der Waals surface area contributed by atoms with Gasteiger partial charge in [0.1, 0.15) is 0 Å². The molecule has 0 aliphatic rings. The van der Waals surface area contributed by atoms with Crippen LogP contribution in [0.15, 0.2) is 46.7 Å². The van der Waals surface area contributed by atoms with E-state index in [-0.39, 0.29) is 0 Å². The van der Waals surface area contributed by atoms with Gasteiger partial charge in [0.2, 0.25) is 0 Å². The van der Waals surface area contributed by atoms with Gasteiger partial charge in [-0.2, -0.15) is 0 Å². The summed E-state index contributed by atoms with van der Waals surface area (Å²) in [4.78, 5) is 1.00. The first-order valence-corrected chi connectivity index (χ1v) is 4.53. The van der Waals surface area contributed by atoms with Crippen molar-refractivity contribution in [3.63, 3.8) is 0 Å². The van der Waals surface area contributed by atoms with Gasteiger partial charge in [-0.1, -0.05) is 30.7 Å². The molecule has 60 valence electrons. The van der Waals surface area contributed by atoms with E-state index in [9.17, 15) is 4.21 Å². The highest BCUT2D eigenvalue weighted by molar-refractivity contribution is 7.89. The Hall–Kier alpha value is -1.33. The van der Waals surface area contributed by atoms with E-state index in [1.54, 1.807) is 12.1 Å². The van der Waals surface area contributed by atoms with E-state index in [0.29, 0.717) is 9.80 Å². The van der Waals surface area contributed by atoms with Crippen molar-refractivity contribution < 1.29 is 4.21 Å². The Morgan fingerprint density at radius 2 is 2.00 bits per heavy atom. The van der Waals surface area contributed by atoms with Gasteiger partial charge in [-0.25, -0.2) is 4.21 Å². The van der Waals surface area contributed by atoms with Crippen LogP contribution < -0.4 is 0 Å². The lowest BCUT2D eigenvalue weighted by atomic mass is 10.4. The zero-order valence-electron chi connectivity index (χ0n) is 6.49. The first-order chi connectivity index (χ1) is 5.75. The molecule has 0 N–H and O–H groups in total. The molecule has 0 spiro atoms. The maximum atomic E-state index is 11.4. The van der Waals surface area contributed by atoms with E-state index in [4.69, 9.17) is 6.42 Å². The molecule has 1 nitrogen and oxygen atoms in total. The van der Waals surface area contributed by atoms with E-state index in [0.717, 1.165) is 0 Å². The molecule has 0 amide bonds. The second-order valence-electron chi connectivity index (χ2n) is 2.15. The Bertz CT molecular complexity index is 346. The summed E-state index contributed by atoms with van der Waals surface area (Å²) in [6.07, 6.45) is 5.07. The highest BCUT2D eigenvalue weighted by Crippen LogP contribution is 2.10. The molecular weight excluding hydrogens is 168 g/mol. The van der Waals surface area contributed by atoms with Gasteiger partial charge in [0.15, 0.2) is 0 Å². The minimum absolute atomic E-state index is 0.307. The largest absolute Gasteiger partial charge is 0.248 e. The van der Waals surface area contributed by atoms with Crippen molar-refractivity contribution in [3.05, 3.63) is 41.8 Å². The third-order valence-corrected chi connectivity index (χ3v) is 2.61. The minimum atomic E-state index is -1.26. The van der Waals surface area contributed by atoms with Crippen LogP contribution in [0.1, 0.15) is 0 Å². The summed E-state index contributed by atoms with van der Waals surface area (Å²) in [6.45, 7) is 3.51. The topological polar surface area (TPSA) is 17.1 Å². The van der Waals surface area contributed by atoms with Crippen molar-refractivity contribution in [3.8, 4) is 12.3 Å². The van der Waals surface area contributed by atoms with E-state index in [1.165, 1.54) is 0 Å². The molecule has 1 unspecified atom stereocenters.